The summed E-state index contributed by atoms with van der Waals surface area (Å²) in [7, 11) is 3.05. The minimum Gasteiger partial charge on any atom is -0.465 e. The molecular weight excluding hydrogens is 409 g/mol. The second-order valence-corrected chi connectivity index (χ2v) is 8.53. The molecule has 2 aliphatic rings. The van der Waals surface area contributed by atoms with E-state index in [4.69, 9.17) is 9.72 Å². The first kappa shape index (κ1) is 18.9. The third kappa shape index (κ3) is 2.51. The number of carbonyl (C=O) groups excluding carboxylic acids is 1. The van der Waals surface area contributed by atoms with Crippen molar-refractivity contribution in [1.29, 1.82) is 5.26 Å². The van der Waals surface area contributed by atoms with Gasteiger partial charge in [-0.05, 0) is 43.0 Å². The lowest BCUT2D eigenvalue weighted by Crippen LogP contribution is -2.26. The Hall–Kier alpha value is -3.86. The summed E-state index contributed by atoms with van der Waals surface area (Å²) in [4.78, 5) is 16.7. The number of fused-ring (bicyclic) bond motifs is 1. The predicted molar refractivity (Wildman–Crippen MR) is 118 cm³/mol. The molecule has 0 bridgehead atoms. The summed E-state index contributed by atoms with van der Waals surface area (Å²) < 4.78 is 23.8. The second kappa shape index (κ2) is 6.57. The number of rotatable bonds is 3. The maximum absolute atomic E-state index is 15.0. The number of aromatic nitrogens is 3. The van der Waals surface area contributed by atoms with E-state index in [0.717, 1.165) is 28.8 Å². The molecule has 1 aliphatic carbocycles. The fraction of sp³-hybridized carbons (Fsp3) is 0.292. The van der Waals surface area contributed by atoms with Gasteiger partial charge in [-0.15, -0.1) is 0 Å². The highest BCUT2D eigenvalue weighted by molar-refractivity contribution is 6.00. The molecule has 1 atom stereocenters. The van der Waals surface area contributed by atoms with Gasteiger partial charge in [0.05, 0.1) is 46.7 Å². The molecule has 160 valence electrons. The third-order valence-electron chi connectivity index (χ3n) is 6.68. The first-order valence-corrected chi connectivity index (χ1v) is 10.6. The first-order chi connectivity index (χ1) is 15.5. The fourth-order valence-electron chi connectivity index (χ4n) is 5.03. The van der Waals surface area contributed by atoms with Crippen LogP contribution < -0.4 is 5.32 Å². The fourth-order valence-corrected chi connectivity index (χ4v) is 5.03. The lowest BCUT2D eigenvalue weighted by Gasteiger charge is -2.29. The number of benzene rings is 2. The molecule has 32 heavy (non-hydrogen) atoms. The van der Waals surface area contributed by atoms with Crippen molar-refractivity contribution in [3.05, 3.63) is 47.3 Å². The van der Waals surface area contributed by atoms with Crippen LogP contribution in [0.15, 0.2) is 30.3 Å². The summed E-state index contributed by atoms with van der Waals surface area (Å²) in [6, 6.07) is 11.1. The van der Waals surface area contributed by atoms with Gasteiger partial charge in [0, 0.05) is 19.0 Å². The lowest BCUT2D eigenvalue weighted by molar-refractivity contribution is 0.0600. The number of hydrogen-bond donors (Lipinski definition) is 1. The van der Waals surface area contributed by atoms with Gasteiger partial charge in [0.25, 0.3) is 0 Å². The van der Waals surface area contributed by atoms with Crippen molar-refractivity contribution in [1.82, 2.24) is 14.1 Å². The Morgan fingerprint density at radius 1 is 1.28 bits per heavy atom. The largest absolute Gasteiger partial charge is 0.465 e. The maximum Gasteiger partial charge on any atom is 0.338 e. The van der Waals surface area contributed by atoms with Crippen LogP contribution in [0.25, 0.3) is 33.5 Å². The smallest absolute Gasteiger partial charge is 0.338 e. The van der Waals surface area contributed by atoms with Gasteiger partial charge in [0.1, 0.15) is 17.4 Å². The van der Waals surface area contributed by atoms with Crippen molar-refractivity contribution < 1.29 is 13.9 Å². The minimum atomic E-state index is -0.602. The Balaban J connectivity index is 1.64. The summed E-state index contributed by atoms with van der Waals surface area (Å²) in [5.41, 5.74) is 4.18. The molecule has 2 aromatic carbocycles. The van der Waals surface area contributed by atoms with Gasteiger partial charge in [-0.2, -0.15) is 5.26 Å². The van der Waals surface area contributed by atoms with E-state index < -0.39 is 11.8 Å². The maximum atomic E-state index is 15.0. The number of esters is 1. The second-order valence-electron chi connectivity index (χ2n) is 8.53. The van der Waals surface area contributed by atoms with E-state index in [9.17, 15) is 14.4 Å². The zero-order valence-electron chi connectivity index (χ0n) is 17.6. The van der Waals surface area contributed by atoms with Crippen LogP contribution in [0.4, 0.5) is 10.1 Å². The Labute approximate surface area is 183 Å². The molecule has 1 saturated carbocycles. The number of nitrogens with zero attached hydrogens (tertiary/aromatic N) is 4. The number of ether oxygens (including phenoxy) is 1. The molecule has 0 saturated heterocycles. The number of nitrogens with one attached hydrogen (secondary N) is 1. The third-order valence-corrected chi connectivity index (χ3v) is 6.68. The van der Waals surface area contributed by atoms with E-state index in [0.29, 0.717) is 28.3 Å². The number of halogens is 1. The molecule has 1 N–H and O–H groups in total. The van der Waals surface area contributed by atoms with Crippen LogP contribution in [0, 0.1) is 23.1 Å². The van der Waals surface area contributed by atoms with Crippen molar-refractivity contribution in [3.8, 4) is 17.6 Å². The SMILES string of the molecule is COC(=O)c1cc(F)c2c(c1)nc(-c1cc3ccc(C#N)c4c3n1C(C1CC1)CN4)n2C. The molecule has 4 aromatic rings. The average Bonchev–Trinajstić information content (AvgIpc) is 3.50. The predicted octanol–water partition coefficient (Wildman–Crippen LogP) is 4.37. The van der Waals surface area contributed by atoms with Crippen LogP contribution in [-0.2, 0) is 11.8 Å². The molecule has 1 fully saturated rings. The van der Waals surface area contributed by atoms with E-state index in [-0.39, 0.29) is 11.6 Å². The van der Waals surface area contributed by atoms with Gasteiger partial charge in [0.2, 0.25) is 0 Å². The number of hydrogen-bond acceptors (Lipinski definition) is 5. The van der Waals surface area contributed by atoms with E-state index in [1.165, 1.54) is 26.0 Å². The standard InChI is InChI=1S/C24H20FN5O2/c1-29-22-16(25)7-15(24(31)32-2)8-17(22)28-23(29)18-9-13-5-6-14(10-26)20-21(13)30(18)19(11-27-20)12-3-4-12/h5-9,12,19,27H,3-4,11H2,1-2H3. The summed E-state index contributed by atoms with van der Waals surface area (Å²) in [6.45, 7) is 0.734. The van der Waals surface area contributed by atoms with Gasteiger partial charge in [-0.3, -0.25) is 0 Å². The molecule has 0 radical (unpaired) electrons. The first-order valence-electron chi connectivity index (χ1n) is 10.6. The number of imidazole rings is 1. The molecule has 0 amide bonds. The van der Waals surface area contributed by atoms with Gasteiger partial charge < -0.3 is 19.2 Å². The average molecular weight is 429 g/mol. The van der Waals surface area contributed by atoms with Crippen molar-refractivity contribution in [2.75, 3.05) is 19.0 Å². The van der Waals surface area contributed by atoms with Gasteiger partial charge in [-0.25, -0.2) is 14.2 Å². The molecule has 3 heterocycles. The number of nitriles is 1. The highest BCUT2D eigenvalue weighted by Gasteiger charge is 2.38. The van der Waals surface area contributed by atoms with Crippen molar-refractivity contribution in [2.24, 2.45) is 13.0 Å². The Morgan fingerprint density at radius 3 is 2.81 bits per heavy atom. The normalized spacial score (nSPS) is 17.4. The van der Waals surface area contributed by atoms with Crippen LogP contribution in [0.3, 0.4) is 0 Å². The Bertz CT molecular complexity index is 1490. The van der Waals surface area contributed by atoms with Gasteiger partial charge >= 0.3 is 5.97 Å². The number of anilines is 1. The van der Waals surface area contributed by atoms with E-state index >= 15 is 0 Å². The van der Waals surface area contributed by atoms with E-state index in [2.05, 4.69) is 22.0 Å². The Morgan fingerprint density at radius 2 is 2.09 bits per heavy atom. The van der Waals surface area contributed by atoms with Crippen LogP contribution in [0.5, 0.6) is 0 Å². The molecule has 1 aliphatic heterocycles. The summed E-state index contributed by atoms with van der Waals surface area (Å²) in [6.07, 6.45) is 2.33. The highest BCUT2D eigenvalue weighted by Crippen LogP contribution is 2.48. The van der Waals surface area contributed by atoms with E-state index in [1.54, 1.807) is 17.7 Å². The van der Waals surface area contributed by atoms with Gasteiger partial charge in [0.15, 0.2) is 5.82 Å². The Kier molecular flexibility index (Phi) is 3.87. The summed E-state index contributed by atoms with van der Waals surface area (Å²) in [5, 5.41) is 14.1. The van der Waals surface area contributed by atoms with Crippen molar-refractivity contribution in [3.63, 3.8) is 0 Å². The van der Waals surface area contributed by atoms with Crippen LogP contribution in [0.1, 0.15) is 34.8 Å². The van der Waals surface area contributed by atoms with E-state index in [1.807, 2.05) is 12.1 Å². The van der Waals surface area contributed by atoms with Crippen LogP contribution in [-0.4, -0.2) is 33.7 Å². The lowest BCUT2D eigenvalue weighted by atomic mass is 10.1. The molecular formula is C24H20FN5O2. The number of aryl methyl sites for hydroxylation is 1. The molecule has 1 unspecified atom stereocenters. The minimum absolute atomic E-state index is 0.129. The topological polar surface area (TPSA) is 84.9 Å². The van der Waals surface area contributed by atoms with Crippen LogP contribution in [0.2, 0.25) is 0 Å². The molecule has 6 rings (SSSR count). The summed E-state index contributed by atoms with van der Waals surface area (Å²) in [5.74, 6) is 0.0593. The highest BCUT2D eigenvalue weighted by atomic mass is 19.1. The molecule has 7 nitrogen and oxygen atoms in total. The monoisotopic (exact) mass is 429 g/mol. The quantitative estimate of drug-likeness (QED) is 0.489. The molecule has 8 heteroatoms. The number of carbonyl (C=O) groups is 1. The zero-order chi connectivity index (χ0) is 22.1. The van der Waals surface area contributed by atoms with Crippen molar-refractivity contribution >= 4 is 33.6 Å². The van der Waals surface area contributed by atoms with Crippen molar-refractivity contribution in [2.45, 2.75) is 18.9 Å². The number of methoxy groups -OCH3 is 1. The molecule has 2 aromatic heterocycles. The molecule has 0 spiro atoms. The zero-order valence-corrected chi connectivity index (χ0v) is 17.6. The van der Waals surface area contributed by atoms with Gasteiger partial charge in [-0.1, -0.05) is 6.07 Å². The summed E-state index contributed by atoms with van der Waals surface area (Å²) >= 11 is 0. The van der Waals surface area contributed by atoms with Crippen LogP contribution >= 0.6 is 0 Å².